The fourth-order valence-corrected chi connectivity index (χ4v) is 8.09. The highest BCUT2D eigenvalue weighted by atomic mass is 16.6. The summed E-state index contributed by atoms with van der Waals surface area (Å²) in [5, 5.41) is 12.6. The summed E-state index contributed by atoms with van der Waals surface area (Å²) in [6.07, 6.45) is -2.31. The highest BCUT2D eigenvalue weighted by Crippen LogP contribution is 2.69. The van der Waals surface area contributed by atoms with E-state index >= 15 is 0 Å². The number of ether oxygens (including phenoxy) is 5. The van der Waals surface area contributed by atoms with E-state index in [1.165, 1.54) is 32.4 Å². The van der Waals surface area contributed by atoms with Crippen LogP contribution in [-0.4, -0.2) is 70.2 Å². The molecule has 0 unspecified atom stereocenters. The number of esters is 4. The minimum Gasteiger partial charge on any atom is -0.472 e. The lowest BCUT2D eigenvalue weighted by atomic mass is 9.47. The molecule has 1 aromatic heterocycles. The van der Waals surface area contributed by atoms with Crippen molar-refractivity contribution in [1.82, 2.24) is 0 Å². The lowest BCUT2D eigenvalue weighted by molar-refractivity contribution is -0.342. The summed E-state index contributed by atoms with van der Waals surface area (Å²) >= 11 is 0. The Hall–Kier alpha value is -4.48. The molecule has 1 spiro atoms. The number of aliphatic hydroxyl groups is 1. The zero-order chi connectivity index (χ0) is 33.8. The van der Waals surface area contributed by atoms with E-state index in [1.54, 1.807) is 67.6 Å². The van der Waals surface area contributed by atoms with Gasteiger partial charge in [-0.05, 0) is 64.4 Å². The SMILES string of the molecule is CC(=O)O[C@H]1[C@@H](OC(=O)c2ccccc2)C[C@](C)(O)[C@]23OC(C)(C)[C@H](C[C@H](OC(=O)c4ccoc4)[C@]12C)[C@H]3OC(=O)c1ccccc1. The maximum Gasteiger partial charge on any atom is 0.341 e. The van der Waals surface area contributed by atoms with Crippen molar-refractivity contribution in [2.45, 2.75) is 88.7 Å². The van der Waals surface area contributed by atoms with Crippen LogP contribution in [0.2, 0.25) is 0 Å². The van der Waals surface area contributed by atoms with Crippen molar-refractivity contribution in [3.8, 4) is 0 Å². The molecular weight excluding hydrogens is 608 g/mol. The van der Waals surface area contributed by atoms with Crippen LogP contribution in [0.3, 0.4) is 0 Å². The second-order valence-corrected chi connectivity index (χ2v) is 13.5. The molecule has 2 bridgehead atoms. The molecule has 3 fully saturated rings. The first-order valence-electron chi connectivity index (χ1n) is 15.6. The third-order valence-corrected chi connectivity index (χ3v) is 10.2. The fourth-order valence-electron chi connectivity index (χ4n) is 8.09. The van der Waals surface area contributed by atoms with Crippen LogP contribution in [0.4, 0.5) is 0 Å². The molecule has 0 amide bonds. The van der Waals surface area contributed by atoms with Gasteiger partial charge in [0.05, 0.1) is 39.6 Å². The Morgan fingerprint density at radius 3 is 1.87 bits per heavy atom. The van der Waals surface area contributed by atoms with Gasteiger partial charge in [0.2, 0.25) is 0 Å². The molecule has 3 aromatic rings. The minimum atomic E-state index is -1.89. The smallest absolute Gasteiger partial charge is 0.341 e. The van der Waals surface area contributed by atoms with E-state index in [-0.39, 0.29) is 29.5 Å². The summed E-state index contributed by atoms with van der Waals surface area (Å²) in [5.74, 6) is -3.36. The fraction of sp³-hybridized carbons (Fsp3) is 0.444. The van der Waals surface area contributed by atoms with Crippen LogP contribution in [0, 0.1) is 11.3 Å². The van der Waals surface area contributed by atoms with Gasteiger partial charge in [-0.15, -0.1) is 0 Å². The normalized spacial score (nSPS) is 33.6. The number of fused-ring (bicyclic) bond motifs is 1. The largest absolute Gasteiger partial charge is 0.472 e. The Balaban J connectivity index is 1.51. The second kappa shape index (κ2) is 11.6. The lowest BCUT2D eigenvalue weighted by Gasteiger charge is -2.65. The molecule has 11 nitrogen and oxygen atoms in total. The van der Waals surface area contributed by atoms with Gasteiger partial charge in [-0.25, -0.2) is 14.4 Å². The van der Waals surface area contributed by atoms with Crippen molar-refractivity contribution in [2.24, 2.45) is 11.3 Å². The molecule has 3 aliphatic rings. The van der Waals surface area contributed by atoms with Crippen molar-refractivity contribution >= 4 is 23.9 Å². The molecule has 6 rings (SSSR count). The molecular formula is C36H38O11. The van der Waals surface area contributed by atoms with Gasteiger partial charge in [0.25, 0.3) is 0 Å². The van der Waals surface area contributed by atoms with E-state index in [1.807, 2.05) is 13.8 Å². The molecule has 2 saturated carbocycles. The van der Waals surface area contributed by atoms with Gasteiger partial charge in [-0.2, -0.15) is 0 Å². The standard InChI is InChI=1S/C36H38O11/c1-21(37)43-29-26(44-30(38)22-12-8-6-9-13-22)19-34(4,41)36-28(46-31(39)23-14-10-7-11-15-23)25(33(2,3)47-36)18-27(35(29,36)5)45-32(40)24-16-17-42-20-24/h6-17,20,25-29,41H,18-19H2,1-5H3/t25-,26+,27+,28-,29+,34+,35-,36+/m1/s1. The number of carbonyl (C=O) groups excluding carboxylic acids is 4. The summed E-state index contributed by atoms with van der Waals surface area (Å²) in [6, 6.07) is 18.1. The molecule has 8 atom stereocenters. The first-order chi connectivity index (χ1) is 22.2. The first-order valence-corrected chi connectivity index (χ1v) is 15.6. The van der Waals surface area contributed by atoms with Crippen LogP contribution in [0.5, 0.6) is 0 Å². The molecule has 1 N–H and O–H groups in total. The van der Waals surface area contributed by atoms with Crippen LogP contribution < -0.4 is 0 Å². The summed E-state index contributed by atoms with van der Waals surface area (Å²) < 4.78 is 36.5. The summed E-state index contributed by atoms with van der Waals surface area (Å²) in [6.45, 7) is 8.01. The van der Waals surface area contributed by atoms with Crippen molar-refractivity contribution in [2.75, 3.05) is 0 Å². The maximum absolute atomic E-state index is 13.7. The average Bonchev–Trinajstić information content (AvgIpc) is 3.63. The van der Waals surface area contributed by atoms with Gasteiger partial charge in [0.1, 0.15) is 30.2 Å². The number of rotatable bonds is 7. The first kappa shape index (κ1) is 32.5. The number of hydrogen-bond acceptors (Lipinski definition) is 11. The van der Waals surface area contributed by atoms with Crippen LogP contribution in [-0.2, 0) is 28.5 Å². The van der Waals surface area contributed by atoms with Crippen molar-refractivity contribution < 1.29 is 52.4 Å². The van der Waals surface area contributed by atoms with Crippen LogP contribution >= 0.6 is 0 Å². The molecule has 1 saturated heterocycles. The number of furan rings is 1. The van der Waals surface area contributed by atoms with Crippen LogP contribution in [0.15, 0.2) is 83.7 Å². The van der Waals surface area contributed by atoms with Gasteiger partial charge < -0.3 is 33.2 Å². The average molecular weight is 647 g/mol. The third-order valence-electron chi connectivity index (χ3n) is 10.2. The van der Waals surface area contributed by atoms with Gasteiger partial charge in [0, 0.05) is 19.3 Å². The van der Waals surface area contributed by atoms with Crippen LogP contribution in [0.25, 0.3) is 0 Å². The topological polar surface area (TPSA) is 148 Å². The van der Waals surface area contributed by atoms with Gasteiger partial charge >= 0.3 is 23.9 Å². The van der Waals surface area contributed by atoms with E-state index in [0.29, 0.717) is 0 Å². The highest BCUT2D eigenvalue weighted by molar-refractivity contribution is 5.90. The Morgan fingerprint density at radius 1 is 0.745 bits per heavy atom. The Bertz CT molecular complexity index is 1650. The van der Waals surface area contributed by atoms with Gasteiger partial charge in [-0.1, -0.05) is 36.4 Å². The molecule has 0 radical (unpaired) electrons. The molecule has 11 heteroatoms. The molecule has 2 aromatic carbocycles. The quantitative estimate of drug-likeness (QED) is 0.276. The van der Waals surface area contributed by atoms with E-state index in [0.717, 1.165) is 0 Å². The van der Waals surface area contributed by atoms with E-state index in [2.05, 4.69) is 0 Å². The number of carbonyl (C=O) groups is 4. The molecule has 47 heavy (non-hydrogen) atoms. The molecule has 2 aliphatic carbocycles. The number of hydrogen-bond donors (Lipinski definition) is 1. The van der Waals surface area contributed by atoms with E-state index in [4.69, 9.17) is 28.1 Å². The second-order valence-electron chi connectivity index (χ2n) is 13.5. The Labute approximate surface area is 272 Å². The zero-order valence-corrected chi connectivity index (χ0v) is 26.8. The zero-order valence-electron chi connectivity index (χ0n) is 26.8. The predicted molar refractivity (Wildman–Crippen MR) is 164 cm³/mol. The molecule has 2 heterocycles. The van der Waals surface area contributed by atoms with Crippen LogP contribution in [0.1, 0.15) is 78.5 Å². The summed E-state index contributed by atoms with van der Waals surface area (Å²) in [4.78, 5) is 53.4. The summed E-state index contributed by atoms with van der Waals surface area (Å²) in [7, 11) is 0. The monoisotopic (exact) mass is 646 g/mol. The number of benzene rings is 2. The van der Waals surface area contributed by atoms with Crippen molar-refractivity contribution in [3.05, 3.63) is 95.9 Å². The molecule has 1 aliphatic heterocycles. The van der Waals surface area contributed by atoms with E-state index < -0.39 is 76.4 Å². The maximum atomic E-state index is 13.7. The predicted octanol–water partition coefficient (Wildman–Crippen LogP) is 4.92. The lowest BCUT2D eigenvalue weighted by Crippen LogP contribution is -2.81. The minimum absolute atomic E-state index is 0.0920. The van der Waals surface area contributed by atoms with Crippen molar-refractivity contribution in [1.29, 1.82) is 0 Å². The Morgan fingerprint density at radius 2 is 1.32 bits per heavy atom. The van der Waals surface area contributed by atoms with Crippen molar-refractivity contribution in [3.63, 3.8) is 0 Å². The summed E-state index contributed by atoms with van der Waals surface area (Å²) in [5.41, 5.74) is -5.71. The third kappa shape index (κ3) is 5.21. The van der Waals surface area contributed by atoms with Gasteiger partial charge in [-0.3, -0.25) is 4.79 Å². The highest BCUT2D eigenvalue weighted by Gasteiger charge is 2.84. The Kier molecular flexibility index (Phi) is 8.04. The van der Waals surface area contributed by atoms with E-state index in [9.17, 15) is 24.3 Å². The molecule has 248 valence electrons. The van der Waals surface area contributed by atoms with Gasteiger partial charge in [0.15, 0.2) is 6.10 Å².